The number of aliphatic carboxylic acids is 1. The van der Waals surface area contributed by atoms with Crippen molar-refractivity contribution >= 4 is 5.97 Å². The molecule has 2 N–H and O–H groups in total. The van der Waals surface area contributed by atoms with Gasteiger partial charge in [0.15, 0.2) is 0 Å². The zero-order chi connectivity index (χ0) is 12.1. The Labute approximate surface area is 102 Å². The topological polar surface area (TPSA) is 49.3 Å². The van der Waals surface area contributed by atoms with Gasteiger partial charge in [-0.05, 0) is 24.9 Å². The summed E-state index contributed by atoms with van der Waals surface area (Å²) in [4.78, 5) is 11.0. The van der Waals surface area contributed by atoms with Crippen molar-refractivity contribution in [2.75, 3.05) is 6.54 Å². The van der Waals surface area contributed by atoms with E-state index in [1.165, 1.54) is 12.8 Å². The first-order valence-electron chi connectivity index (χ1n) is 6.27. The molecule has 92 valence electrons. The number of benzene rings is 1. The highest BCUT2D eigenvalue weighted by Crippen LogP contribution is 2.28. The Morgan fingerprint density at radius 3 is 2.71 bits per heavy atom. The number of carboxylic acid groups (broad SMARTS) is 1. The first-order valence-corrected chi connectivity index (χ1v) is 6.27. The molecular formula is C14H19NO2. The van der Waals surface area contributed by atoms with E-state index >= 15 is 0 Å². The van der Waals surface area contributed by atoms with E-state index in [1.807, 2.05) is 30.3 Å². The predicted molar refractivity (Wildman–Crippen MR) is 67.1 cm³/mol. The minimum absolute atomic E-state index is 0.0917. The normalized spacial score (nSPS) is 22.0. The van der Waals surface area contributed by atoms with Gasteiger partial charge in [0, 0.05) is 12.0 Å². The molecule has 1 aromatic rings. The molecule has 1 aliphatic heterocycles. The van der Waals surface area contributed by atoms with Gasteiger partial charge in [-0.2, -0.15) is 0 Å². The summed E-state index contributed by atoms with van der Waals surface area (Å²) in [5, 5.41) is 12.5. The summed E-state index contributed by atoms with van der Waals surface area (Å²) in [7, 11) is 0. The van der Waals surface area contributed by atoms with Gasteiger partial charge in [0.1, 0.15) is 0 Å². The van der Waals surface area contributed by atoms with Crippen LogP contribution in [0.3, 0.4) is 0 Å². The van der Waals surface area contributed by atoms with Crippen molar-refractivity contribution in [1.82, 2.24) is 5.32 Å². The zero-order valence-electron chi connectivity index (χ0n) is 9.93. The Balaban J connectivity index is 2.15. The van der Waals surface area contributed by atoms with Gasteiger partial charge in [-0.25, -0.2) is 0 Å². The summed E-state index contributed by atoms with van der Waals surface area (Å²) in [5.74, 6) is -0.625. The Kier molecular flexibility index (Phi) is 4.15. The lowest BCUT2D eigenvalue weighted by atomic mass is 9.84. The van der Waals surface area contributed by atoms with Gasteiger partial charge >= 0.3 is 5.97 Å². The van der Waals surface area contributed by atoms with Crippen LogP contribution >= 0.6 is 0 Å². The number of carbonyl (C=O) groups is 1. The third kappa shape index (κ3) is 3.30. The van der Waals surface area contributed by atoms with E-state index in [-0.39, 0.29) is 12.3 Å². The first-order chi connectivity index (χ1) is 8.27. The second kappa shape index (κ2) is 5.82. The minimum atomic E-state index is -0.716. The summed E-state index contributed by atoms with van der Waals surface area (Å²) in [6.45, 7) is 1.01. The standard InChI is InChI=1S/C14H19NO2/c16-14(17)10-12(11-6-2-1-3-7-11)13-8-4-5-9-15-13/h1-3,6-7,12-13,15H,4-5,8-10H2,(H,16,17)/t12-,13-/m0/s1. The van der Waals surface area contributed by atoms with Crippen molar-refractivity contribution in [2.45, 2.75) is 37.6 Å². The summed E-state index contributed by atoms with van der Waals surface area (Å²) in [6.07, 6.45) is 3.68. The van der Waals surface area contributed by atoms with Crippen molar-refractivity contribution in [1.29, 1.82) is 0 Å². The smallest absolute Gasteiger partial charge is 0.304 e. The lowest BCUT2D eigenvalue weighted by molar-refractivity contribution is -0.137. The summed E-state index contributed by atoms with van der Waals surface area (Å²) in [5.41, 5.74) is 1.13. The van der Waals surface area contributed by atoms with Crippen LogP contribution in [0, 0.1) is 0 Å². The fourth-order valence-corrected chi connectivity index (χ4v) is 2.60. The first kappa shape index (κ1) is 12.1. The molecule has 0 saturated carbocycles. The summed E-state index contributed by atoms with van der Waals surface area (Å²) < 4.78 is 0. The number of piperidine rings is 1. The summed E-state index contributed by atoms with van der Waals surface area (Å²) in [6, 6.07) is 10.3. The van der Waals surface area contributed by atoms with E-state index < -0.39 is 5.97 Å². The number of carboxylic acids is 1. The van der Waals surface area contributed by atoms with E-state index in [0.29, 0.717) is 6.04 Å². The maximum atomic E-state index is 11.0. The molecule has 0 bridgehead atoms. The van der Waals surface area contributed by atoms with Crippen LogP contribution < -0.4 is 5.32 Å². The van der Waals surface area contributed by atoms with Gasteiger partial charge in [0.2, 0.25) is 0 Å². The van der Waals surface area contributed by atoms with Crippen molar-refractivity contribution in [2.24, 2.45) is 0 Å². The van der Waals surface area contributed by atoms with Gasteiger partial charge < -0.3 is 10.4 Å². The highest BCUT2D eigenvalue weighted by molar-refractivity contribution is 5.68. The molecular weight excluding hydrogens is 214 g/mol. The Morgan fingerprint density at radius 2 is 2.12 bits per heavy atom. The molecule has 1 saturated heterocycles. The van der Waals surface area contributed by atoms with Crippen LogP contribution in [0.2, 0.25) is 0 Å². The van der Waals surface area contributed by atoms with Crippen LogP contribution in [0.4, 0.5) is 0 Å². The molecule has 0 aromatic heterocycles. The SMILES string of the molecule is O=C(O)C[C@@H](c1ccccc1)[C@@H]1CCCCN1. The third-order valence-corrected chi connectivity index (χ3v) is 3.46. The van der Waals surface area contributed by atoms with Gasteiger partial charge in [-0.1, -0.05) is 36.8 Å². The van der Waals surface area contributed by atoms with E-state index in [4.69, 9.17) is 5.11 Å². The lowest BCUT2D eigenvalue weighted by Crippen LogP contribution is -2.39. The average Bonchev–Trinajstić information content (AvgIpc) is 2.38. The van der Waals surface area contributed by atoms with E-state index in [0.717, 1.165) is 18.5 Å². The fourth-order valence-electron chi connectivity index (χ4n) is 2.60. The minimum Gasteiger partial charge on any atom is -0.481 e. The summed E-state index contributed by atoms with van der Waals surface area (Å²) >= 11 is 0. The Morgan fingerprint density at radius 1 is 1.35 bits per heavy atom. The Hall–Kier alpha value is -1.35. The van der Waals surface area contributed by atoms with Gasteiger partial charge in [0.05, 0.1) is 6.42 Å². The van der Waals surface area contributed by atoms with Crippen LogP contribution in [0.5, 0.6) is 0 Å². The fraction of sp³-hybridized carbons (Fsp3) is 0.500. The largest absolute Gasteiger partial charge is 0.481 e. The highest BCUT2D eigenvalue weighted by atomic mass is 16.4. The maximum absolute atomic E-state index is 11.0. The third-order valence-electron chi connectivity index (χ3n) is 3.46. The molecule has 0 aliphatic carbocycles. The second-order valence-corrected chi connectivity index (χ2v) is 4.67. The molecule has 3 heteroatoms. The molecule has 0 radical (unpaired) electrons. The van der Waals surface area contributed by atoms with Crippen LogP contribution in [0.15, 0.2) is 30.3 Å². The van der Waals surface area contributed by atoms with Crippen molar-refractivity contribution in [3.8, 4) is 0 Å². The quantitative estimate of drug-likeness (QED) is 0.839. The zero-order valence-corrected chi connectivity index (χ0v) is 9.93. The maximum Gasteiger partial charge on any atom is 0.304 e. The molecule has 1 heterocycles. The number of rotatable bonds is 4. The van der Waals surface area contributed by atoms with E-state index in [9.17, 15) is 4.79 Å². The van der Waals surface area contributed by atoms with Crippen molar-refractivity contribution in [3.63, 3.8) is 0 Å². The second-order valence-electron chi connectivity index (χ2n) is 4.67. The van der Waals surface area contributed by atoms with Crippen LogP contribution in [0.1, 0.15) is 37.2 Å². The van der Waals surface area contributed by atoms with Crippen molar-refractivity contribution in [3.05, 3.63) is 35.9 Å². The van der Waals surface area contributed by atoms with Gasteiger partial charge in [0.25, 0.3) is 0 Å². The van der Waals surface area contributed by atoms with Crippen LogP contribution in [-0.2, 0) is 4.79 Å². The highest BCUT2D eigenvalue weighted by Gasteiger charge is 2.26. The van der Waals surface area contributed by atoms with Gasteiger partial charge in [-0.3, -0.25) is 4.79 Å². The molecule has 17 heavy (non-hydrogen) atoms. The van der Waals surface area contributed by atoms with Gasteiger partial charge in [-0.15, -0.1) is 0 Å². The molecule has 2 rings (SSSR count). The number of hydrogen-bond acceptors (Lipinski definition) is 2. The number of nitrogens with one attached hydrogen (secondary N) is 1. The Bertz CT molecular complexity index is 358. The molecule has 3 nitrogen and oxygen atoms in total. The molecule has 0 unspecified atom stereocenters. The lowest BCUT2D eigenvalue weighted by Gasteiger charge is -2.31. The van der Waals surface area contributed by atoms with Crippen LogP contribution in [0.25, 0.3) is 0 Å². The van der Waals surface area contributed by atoms with E-state index in [2.05, 4.69) is 5.32 Å². The number of hydrogen-bond donors (Lipinski definition) is 2. The molecule has 1 aliphatic rings. The predicted octanol–water partition coefficient (Wildman–Crippen LogP) is 2.39. The molecule has 2 atom stereocenters. The molecule has 1 aromatic carbocycles. The van der Waals surface area contributed by atoms with Crippen LogP contribution in [-0.4, -0.2) is 23.7 Å². The average molecular weight is 233 g/mol. The molecule has 0 spiro atoms. The molecule has 1 fully saturated rings. The monoisotopic (exact) mass is 233 g/mol. The molecule has 0 amide bonds. The van der Waals surface area contributed by atoms with E-state index in [1.54, 1.807) is 0 Å². The van der Waals surface area contributed by atoms with Crippen molar-refractivity contribution < 1.29 is 9.90 Å².